The molecule has 0 heterocycles. The van der Waals surface area contributed by atoms with Crippen LogP contribution in [0.1, 0.15) is 25.8 Å². The molecule has 0 radical (unpaired) electrons. The molecule has 1 aliphatic carbocycles. The molecule has 0 amide bonds. The minimum atomic E-state index is -0.239. The van der Waals surface area contributed by atoms with Crippen molar-refractivity contribution in [2.75, 3.05) is 13.7 Å². The van der Waals surface area contributed by atoms with Gasteiger partial charge in [-0.25, -0.2) is 0 Å². The fraction of sp³-hybridized carbons (Fsp3) is 0.538. The van der Waals surface area contributed by atoms with Crippen molar-refractivity contribution in [3.63, 3.8) is 0 Å². The third kappa shape index (κ3) is 1.44. The Balaban J connectivity index is 2.56. The van der Waals surface area contributed by atoms with Gasteiger partial charge in [-0.1, -0.05) is 31.5 Å². The van der Waals surface area contributed by atoms with E-state index in [0.717, 1.165) is 17.7 Å². The molecule has 0 aromatic heterocycles. The summed E-state index contributed by atoms with van der Waals surface area (Å²) in [7, 11) is 1.63. The van der Waals surface area contributed by atoms with Gasteiger partial charge in [0.05, 0.1) is 13.7 Å². The average Bonchev–Trinajstić information content (AvgIpc) is 2.81. The molecule has 0 aliphatic heterocycles. The topological polar surface area (TPSA) is 29.5 Å². The van der Waals surface area contributed by atoms with Gasteiger partial charge in [0.1, 0.15) is 5.75 Å². The number of hydrogen-bond donors (Lipinski definition) is 1. The van der Waals surface area contributed by atoms with Gasteiger partial charge in [0.2, 0.25) is 0 Å². The zero-order chi connectivity index (χ0) is 12.0. The van der Waals surface area contributed by atoms with Crippen LogP contribution in [0.15, 0.2) is 18.2 Å². The minimum absolute atomic E-state index is 0.0834. The van der Waals surface area contributed by atoms with E-state index in [0.29, 0.717) is 5.02 Å². The summed E-state index contributed by atoms with van der Waals surface area (Å²) in [4.78, 5) is 0. The number of aliphatic hydroxyl groups excluding tert-OH is 1. The Morgan fingerprint density at radius 2 is 2.06 bits per heavy atom. The van der Waals surface area contributed by atoms with Crippen molar-refractivity contribution in [3.05, 3.63) is 28.8 Å². The van der Waals surface area contributed by atoms with Crippen molar-refractivity contribution in [1.29, 1.82) is 0 Å². The van der Waals surface area contributed by atoms with Crippen molar-refractivity contribution in [3.8, 4) is 5.75 Å². The lowest BCUT2D eigenvalue weighted by molar-refractivity contribution is 0.228. The molecular formula is C13H17ClO2. The molecule has 1 aromatic carbocycles. The first kappa shape index (κ1) is 11.7. The maximum absolute atomic E-state index is 9.68. The summed E-state index contributed by atoms with van der Waals surface area (Å²) in [6.07, 6.45) is 0.941. The van der Waals surface area contributed by atoms with Crippen molar-refractivity contribution < 1.29 is 9.84 Å². The molecule has 1 aromatic rings. The van der Waals surface area contributed by atoms with Crippen LogP contribution < -0.4 is 4.74 Å². The van der Waals surface area contributed by atoms with Gasteiger partial charge in [0.15, 0.2) is 0 Å². The molecule has 0 saturated heterocycles. The summed E-state index contributed by atoms with van der Waals surface area (Å²) in [5.74, 6) is 0.770. The SMILES string of the molecule is COc1cccc(Cl)c1C1(CO)CC1(C)C. The van der Waals surface area contributed by atoms with Gasteiger partial charge >= 0.3 is 0 Å². The van der Waals surface area contributed by atoms with E-state index in [2.05, 4.69) is 13.8 Å². The van der Waals surface area contributed by atoms with Crippen LogP contribution in [0.4, 0.5) is 0 Å². The summed E-state index contributed by atoms with van der Waals surface area (Å²) in [6.45, 7) is 4.40. The monoisotopic (exact) mass is 240 g/mol. The molecule has 0 spiro atoms. The quantitative estimate of drug-likeness (QED) is 0.880. The summed E-state index contributed by atoms with van der Waals surface area (Å²) in [6, 6.07) is 5.61. The molecule has 2 rings (SSSR count). The Hall–Kier alpha value is -0.730. The first-order valence-electron chi connectivity index (χ1n) is 5.42. The zero-order valence-electron chi connectivity index (χ0n) is 9.88. The van der Waals surface area contributed by atoms with E-state index in [1.54, 1.807) is 7.11 Å². The van der Waals surface area contributed by atoms with Crippen molar-refractivity contribution in [2.24, 2.45) is 5.41 Å². The molecule has 1 saturated carbocycles. The summed E-state index contributed by atoms with van der Waals surface area (Å²) >= 11 is 6.25. The van der Waals surface area contributed by atoms with Gasteiger partial charge in [0, 0.05) is 16.0 Å². The molecule has 1 atom stereocenters. The molecular weight excluding hydrogens is 224 g/mol. The maximum Gasteiger partial charge on any atom is 0.124 e. The van der Waals surface area contributed by atoms with Crippen LogP contribution in [-0.4, -0.2) is 18.8 Å². The zero-order valence-corrected chi connectivity index (χ0v) is 10.6. The van der Waals surface area contributed by atoms with Crippen LogP contribution in [0.2, 0.25) is 5.02 Å². The number of halogens is 1. The average molecular weight is 241 g/mol. The number of hydrogen-bond acceptors (Lipinski definition) is 2. The molecule has 1 fully saturated rings. The molecule has 2 nitrogen and oxygen atoms in total. The summed E-state index contributed by atoms with van der Waals surface area (Å²) < 4.78 is 5.35. The number of rotatable bonds is 3. The van der Waals surface area contributed by atoms with E-state index in [-0.39, 0.29) is 17.4 Å². The third-order valence-corrected chi connectivity index (χ3v) is 4.17. The molecule has 16 heavy (non-hydrogen) atoms. The third-order valence-electron chi connectivity index (χ3n) is 3.86. The highest BCUT2D eigenvalue weighted by Gasteiger charge is 2.63. The molecule has 1 N–H and O–H groups in total. The van der Waals surface area contributed by atoms with Gasteiger partial charge in [-0.3, -0.25) is 0 Å². The summed E-state index contributed by atoms with van der Waals surface area (Å²) in [5.41, 5.74) is 0.795. The van der Waals surface area contributed by atoms with Crippen LogP contribution in [0.25, 0.3) is 0 Å². The van der Waals surface area contributed by atoms with Gasteiger partial charge in [0.25, 0.3) is 0 Å². The van der Waals surface area contributed by atoms with Gasteiger partial charge in [-0.15, -0.1) is 0 Å². The summed E-state index contributed by atoms with van der Waals surface area (Å²) in [5, 5.41) is 10.4. The number of aliphatic hydroxyl groups is 1. The molecule has 3 heteroatoms. The predicted octanol–water partition coefficient (Wildman–Crippen LogP) is 3.01. The predicted molar refractivity (Wildman–Crippen MR) is 65.2 cm³/mol. The number of methoxy groups -OCH3 is 1. The molecule has 1 aliphatic rings. The second-order valence-electron chi connectivity index (χ2n) is 5.12. The Kier molecular flexibility index (Phi) is 2.67. The first-order chi connectivity index (χ1) is 7.48. The smallest absolute Gasteiger partial charge is 0.124 e. The standard InChI is InChI=1S/C13H17ClO2/c1-12(2)7-13(12,8-15)11-9(14)5-4-6-10(11)16-3/h4-6,15H,7-8H2,1-3H3. The Labute approximate surface area is 101 Å². The lowest BCUT2D eigenvalue weighted by Crippen LogP contribution is -2.20. The Bertz CT molecular complexity index is 414. The maximum atomic E-state index is 9.68. The second kappa shape index (κ2) is 3.64. The number of ether oxygens (including phenoxy) is 1. The fourth-order valence-corrected chi connectivity index (χ4v) is 2.97. The van der Waals surface area contributed by atoms with E-state index in [9.17, 15) is 5.11 Å². The molecule has 88 valence electrons. The Morgan fingerprint density at radius 3 is 2.50 bits per heavy atom. The highest BCUT2D eigenvalue weighted by atomic mass is 35.5. The Morgan fingerprint density at radius 1 is 1.44 bits per heavy atom. The van der Waals surface area contributed by atoms with E-state index in [1.807, 2.05) is 18.2 Å². The van der Waals surface area contributed by atoms with Crippen LogP contribution in [0, 0.1) is 5.41 Å². The molecule has 1 unspecified atom stereocenters. The van der Waals surface area contributed by atoms with Crippen LogP contribution >= 0.6 is 11.6 Å². The van der Waals surface area contributed by atoms with Gasteiger partial charge in [-0.05, 0) is 24.0 Å². The largest absolute Gasteiger partial charge is 0.496 e. The lowest BCUT2D eigenvalue weighted by atomic mass is 9.88. The van der Waals surface area contributed by atoms with Crippen LogP contribution in [0.3, 0.4) is 0 Å². The van der Waals surface area contributed by atoms with Crippen molar-refractivity contribution in [2.45, 2.75) is 25.7 Å². The minimum Gasteiger partial charge on any atom is -0.496 e. The van der Waals surface area contributed by atoms with Gasteiger partial charge in [-0.2, -0.15) is 0 Å². The van der Waals surface area contributed by atoms with Crippen LogP contribution in [-0.2, 0) is 5.41 Å². The van der Waals surface area contributed by atoms with Crippen molar-refractivity contribution >= 4 is 11.6 Å². The highest BCUT2D eigenvalue weighted by Crippen LogP contribution is 2.66. The first-order valence-corrected chi connectivity index (χ1v) is 5.80. The molecule has 0 bridgehead atoms. The van der Waals surface area contributed by atoms with E-state index >= 15 is 0 Å². The van der Waals surface area contributed by atoms with E-state index in [1.165, 1.54) is 0 Å². The lowest BCUT2D eigenvalue weighted by Gasteiger charge is -2.22. The second-order valence-corrected chi connectivity index (χ2v) is 5.53. The van der Waals surface area contributed by atoms with Crippen molar-refractivity contribution in [1.82, 2.24) is 0 Å². The van der Waals surface area contributed by atoms with Crippen LogP contribution in [0.5, 0.6) is 5.75 Å². The number of benzene rings is 1. The normalized spacial score (nSPS) is 26.6. The van der Waals surface area contributed by atoms with E-state index < -0.39 is 0 Å². The fourth-order valence-electron chi connectivity index (χ4n) is 2.62. The highest BCUT2D eigenvalue weighted by molar-refractivity contribution is 6.31. The van der Waals surface area contributed by atoms with Gasteiger partial charge < -0.3 is 9.84 Å². The van der Waals surface area contributed by atoms with E-state index in [4.69, 9.17) is 16.3 Å².